The summed E-state index contributed by atoms with van der Waals surface area (Å²) in [6.45, 7) is 6.85. The molecule has 0 saturated carbocycles. The molecule has 0 spiro atoms. The molecule has 1 aromatic carbocycles. The predicted molar refractivity (Wildman–Crippen MR) is 87.6 cm³/mol. The zero-order valence-corrected chi connectivity index (χ0v) is 13.9. The normalized spacial score (nSPS) is 22.2. The molecule has 5 heteroatoms. The van der Waals surface area contributed by atoms with Crippen molar-refractivity contribution in [3.8, 4) is 11.5 Å². The average Bonchev–Trinajstić information content (AvgIpc) is 2.45. The number of rotatable bonds is 5. The lowest BCUT2D eigenvalue weighted by atomic mass is 9.92. The minimum Gasteiger partial charge on any atom is -0.497 e. The average molecular weight is 306 g/mol. The first-order valence-electron chi connectivity index (χ1n) is 7.76. The van der Waals surface area contributed by atoms with Crippen LogP contribution < -0.4 is 14.8 Å². The van der Waals surface area contributed by atoms with Crippen molar-refractivity contribution in [2.45, 2.75) is 20.3 Å². The van der Waals surface area contributed by atoms with E-state index in [0.29, 0.717) is 35.6 Å². The molecule has 1 heterocycles. The number of methoxy groups -OCH3 is 2. The Morgan fingerprint density at radius 2 is 1.91 bits per heavy atom. The van der Waals surface area contributed by atoms with Gasteiger partial charge in [-0.2, -0.15) is 0 Å². The topological polar surface area (TPSA) is 50.8 Å². The van der Waals surface area contributed by atoms with Gasteiger partial charge in [0, 0.05) is 19.2 Å². The van der Waals surface area contributed by atoms with E-state index in [1.165, 1.54) is 6.42 Å². The van der Waals surface area contributed by atoms with Crippen LogP contribution in [0.3, 0.4) is 0 Å². The van der Waals surface area contributed by atoms with E-state index in [4.69, 9.17) is 9.47 Å². The maximum absolute atomic E-state index is 12.3. The number of carbonyl (C=O) groups excluding carboxylic acids is 1. The Kier molecular flexibility index (Phi) is 5.66. The predicted octanol–water partition coefficient (Wildman–Crippen LogP) is 2.62. The Labute approximate surface area is 132 Å². The molecule has 1 saturated heterocycles. The van der Waals surface area contributed by atoms with Gasteiger partial charge < -0.3 is 14.8 Å². The van der Waals surface area contributed by atoms with Crippen LogP contribution in [0.1, 0.15) is 20.3 Å². The molecule has 1 N–H and O–H groups in total. The molecule has 2 unspecified atom stereocenters. The number of likely N-dealkylation sites (tertiary alicyclic amines) is 1. The quantitative estimate of drug-likeness (QED) is 0.908. The summed E-state index contributed by atoms with van der Waals surface area (Å²) in [6.07, 6.45) is 1.24. The summed E-state index contributed by atoms with van der Waals surface area (Å²) in [6, 6.07) is 5.38. The van der Waals surface area contributed by atoms with Crippen LogP contribution in [0.4, 0.5) is 5.69 Å². The summed E-state index contributed by atoms with van der Waals surface area (Å²) in [4.78, 5) is 14.5. The molecule has 122 valence electrons. The van der Waals surface area contributed by atoms with Gasteiger partial charge in [0.2, 0.25) is 5.91 Å². The summed E-state index contributed by atoms with van der Waals surface area (Å²) in [5, 5.41) is 2.93. The van der Waals surface area contributed by atoms with Crippen LogP contribution >= 0.6 is 0 Å². The largest absolute Gasteiger partial charge is 0.497 e. The molecule has 1 aliphatic heterocycles. The molecule has 2 atom stereocenters. The van der Waals surface area contributed by atoms with Crippen LogP contribution in [0.2, 0.25) is 0 Å². The molecular formula is C17H26N2O3. The summed E-state index contributed by atoms with van der Waals surface area (Å²) in [5.41, 5.74) is 0.643. The van der Waals surface area contributed by atoms with Gasteiger partial charge >= 0.3 is 0 Å². The number of nitrogens with zero attached hydrogens (tertiary/aromatic N) is 1. The highest BCUT2D eigenvalue weighted by Gasteiger charge is 2.23. The fourth-order valence-electron chi connectivity index (χ4n) is 3.23. The summed E-state index contributed by atoms with van der Waals surface area (Å²) in [7, 11) is 3.19. The molecule has 0 aromatic heterocycles. The van der Waals surface area contributed by atoms with Crippen molar-refractivity contribution in [3.05, 3.63) is 18.2 Å². The van der Waals surface area contributed by atoms with Gasteiger partial charge in [-0.15, -0.1) is 0 Å². The second kappa shape index (κ2) is 7.49. The maximum atomic E-state index is 12.3. The second-order valence-corrected chi connectivity index (χ2v) is 6.25. The third-order valence-corrected chi connectivity index (χ3v) is 3.99. The fourth-order valence-corrected chi connectivity index (χ4v) is 3.23. The van der Waals surface area contributed by atoms with E-state index in [0.717, 1.165) is 13.1 Å². The standard InChI is InChI=1S/C17H26N2O3/c1-12-7-13(2)10-19(9-12)11-17(20)18-15-8-14(21-3)5-6-16(15)22-4/h5-6,8,12-13H,7,9-11H2,1-4H3,(H,18,20). The fraction of sp³-hybridized carbons (Fsp3) is 0.588. The number of nitrogens with one attached hydrogen (secondary N) is 1. The number of piperidine rings is 1. The van der Waals surface area contributed by atoms with Gasteiger partial charge in [0.1, 0.15) is 11.5 Å². The Hall–Kier alpha value is -1.75. The minimum atomic E-state index is -0.0205. The van der Waals surface area contributed by atoms with Crippen molar-refractivity contribution < 1.29 is 14.3 Å². The minimum absolute atomic E-state index is 0.0205. The van der Waals surface area contributed by atoms with Crippen molar-refractivity contribution in [2.75, 3.05) is 39.2 Å². The summed E-state index contributed by atoms with van der Waals surface area (Å²) in [5.74, 6) is 2.59. The zero-order chi connectivity index (χ0) is 16.1. The lowest BCUT2D eigenvalue weighted by molar-refractivity contribution is -0.117. The summed E-state index contributed by atoms with van der Waals surface area (Å²) < 4.78 is 10.5. The van der Waals surface area contributed by atoms with Crippen LogP contribution in [-0.2, 0) is 4.79 Å². The summed E-state index contributed by atoms with van der Waals surface area (Å²) >= 11 is 0. The Morgan fingerprint density at radius 1 is 1.23 bits per heavy atom. The van der Waals surface area contributed by atoms with Gasteiger partial charge in [-0.1, -0.05) is 13.8 Å². The van der Waals surface area contributed by atoms with E-state index in [9.17, 15) is 4.79 Å². The molecule has 5 nitrogen and oxygen atoms in total. The van der Waals surface area contributed by atoms with Crippen molar-refractivity contribution in [1.29, 1.82) is 0 Å². The van der Waals surface area contributed by atoms with Crippen LogP contribution in [-0.4, -0.2) is 44.7 Å². The first-order chi connectivity index (χ1) is 10.5. The molecule has 0 bridgehead atoms. The molecule has 2 rings (SSSR count). The van der Waals surface area contributed by atoms with E-state index in [1.807, 2.05) is 6.07 Å². The zero-order valence-electron chi connectivity index (χ0n) is 13.9. The number of hydrogen-bond donors (Lipinski definition) is 1. The maximum Gasteiger partial charge on any atom is 0.238 e. The molecular weight excluding hydrogens is 280 g/mol. The number of carbonyl (C=O) groups is 1. The van der Waals surface area contributed by atoms with Gasteiger partial charge in [0.25, 0.3) is 0 Å². The van der Waals surface area contributed by atoms with Crippen molar-refractivity contribution in [2.24, 2.45) is 11.8 Å². The van der Waals surface area contributed by atoms with Crippen molar-refractivity contribution in [1.82, 2.24) is 4.90 Å². The van der Waals surface area contributed by atoms with Gasteiger partial charge in [0.15, 0.2) is 0 Å². The molecule has 1 aromatic rings. The first-order valence-corrected chi connectivity index (χ1v) is 7.76. The molecule has 0 radical (unpaired) electrons. The van der Waals surface area contributed by atoms with E-state index in [1.54, 1.807) is 26.4 Å². The molecule has 1 fully saturated rings. The number of benzene rings is 1. The SMILES string of the molecule is COc1ccc(OC)c(NC(=O)CN2CC(C)CC(C)C2)c1. The van der Waals surface area contributed by atoms with Crippen LogP contribution in [0.15, 0.2) is 18.2 Å². The lowest BCUT2D eigenvalue weighted by Gasteiger charge is -2.34. The highest BCUT2D eigenvalue weighted by molar-refractivity contribution is 5.94. The number of hydrogen-bond acceptors (Lipinski definition) is 4. The van der Waals surface area contributed by atoms with Crippen molar-refractivity contribution >= 4 is 11.6 Å². The van der Waals surface area contributed by atoms with Gasteiger partial charge in [-0.3, -0.25) is 9.69 Å². The van der Waals surface area contributed by atoms with Gasteiger partial charge in [0.05, 0.1) is 26.5 Å². The van der Waals surface area contributed by atoms with Crippen LogP contribution in [0, 0.1) is 11.8 Å². The van der Waals surface area contributed by atoms with E-state index in [2.05, 4.69) is 24.1 Å². The molecule has 22 heavy (non-hydrogen) atoms. The highest BCUT2D eigenvalue weighted by Crippen LogP contribution is 2.29. The Morgan fingerprint density at radius 3 is 2.50 bits per heavy atom. The number of anilines is 1. The van der Waals surface area contributed by atoms with E-state index < -0.39 is 0 Å². The Balaban J connectivity index is 1.99. The third-order valence-electron chi connectivity index (χ3n) is 3.99. The highest BCUT2D eigenvalue weighted by atomic mass is 16.5. The Bertz CT molecular complexity index is 509. The smallest absolute Gasteiger partial charge is 0.238 e. The molecule has 1 aliphatic rings. The van der Waals surface area contributed by atoms with E-state index in [-0.39, 0.29) is 5.91 Å². The lowest BCUT2D eigenvalue weighted by Crippen LogP contribution is -2.42. The van der Waals surface area contributed by atoms with E-state index >= 15 is 0 Å². The second-order valence-electron chi connectivity index (χ2n) is 6.25. The molecule has 0 aliphatic carbocycles. The van der Waals surface area contributed by atoms with Gasteiger partial charge in [-0.25, -0.2) is 0 Å². The van der Waals surface area contributed by atoms with Crippen molar-refractivity contribution in [3.63, 3.8) is 0 Å². The third kappa shape index (κ3) is 4.37. The van der Waals surface area contributed by atoms with Crippen LogP contribution in [0.5, 0.6) is 11.5 Å². The van der Waals surface area contributed by atoms with Crippen LogP contribution in [0.25, 0.3) is 0 Å². The molecule has 1 amide bonds. The first kappa shape index (κ1) is 16.6. The number of amides is 1. The number of ether oxygens (including phenoxy) is 2. The monoisotopic (exact) mass is 306 g/mol. The van der Waals surface area contributed by atoms with Gasteiger partial charge in [-0.05, 0) is 30.4 Å².